The lowest BCUT2D eigenvalue weighted by Crippen LogP contribution is -2.59. The summed E-state index contributed by atoms with van der Waals surface area (Å²) < 4.78 is 30.3. The molecule has 1 fully saturated rings. The van der Waals surface area contributed by atoms with E-state index in [9.17, 15) is 8.42 Å². The van der Waals surface area contributed by atoms with E-state index in [0.717, 1.165) is 18.7 Å². The third kappa shape index (κ3) is 2.40. The fraction of sp³-hybridized carbons (Fsp3) is 0.600. The molecule has 0 radical (unpaired) electrons. The van der Waals surface area contributed by atoms with Crippen LogP contribution in [-0.2, 0) is 20.1 Å². The molecule has 2 atom stereocenters. The van der Waals surface area contributed by atoms with Crippen LogP contribution in [0.5, 0.6) is 0 Å². The molecule has 1 aromatic carbocycles. The molecule has 21 heavy (non-hydrogen) atoms. The maximum atomic E-state index is 12.3. The van der Waals surface area contributed by atoms with Gasteiger partial charge in [-0.2, -0.15) is 0 Å². The van der Waals surface area contributed by atoms with Gasteiger partial charge in [-0.1, -0.05) is 18.2 Å². The molecule has 1 aromatic rings. The first kappa shape index (κ1) is 15.0. The number of hydrogen-bond acceptors (Lipinski definition) is 5. The van der Waals surface area contributed by atoms with E-state index in [2.05, 4.69) is 4.90 Å². The van der Waals surface area contributed by atoms with Crippen molar-refractivity contribution in [2.75, 3.05) is 32.0 Å². The van der Waals surface area contributed by atoms with Gasteiger partial charge in [0.25, 0.3) is 0 Å². The van der Waals surface area contributed by atoms with Gasteiger partial charge >= 0.3 is 0 Å². The van der Waals surface area contributed by atoms with E-state index >= 15 is 0 Å². The van der Waals surface area contributed by atoms with Crippen LogP contribution in [0.1, 0.15) is 18.9 Å². The normalized spacial score (nSPS) is 32.6. The van der Waals surface area contributed by atoms with Crippen molar-refractivity contribution in [2.24, 2.45) is 5.73 Å². The number of ether oxygens (including phenoxy) is 1. The van der Waals surface area contributed by atoms with E-state index in [-0.39, 0.29) is 17.4 Å². The van der Waals surface area contributed by atoms with Gasteiger partial charge in [0, 0.05) is 19.6 Å². The van der Waals surface area contributed by atoms with Crippen molar-refractivity contribution in [3.8, 4) is 0 Å². The second-order valence-corrected chi connectivity index (χ2v) is 8.01. The second-order valence-electron chi connectivity index (χ2n) is 5.93. The van der Waals surface area contributed by atoms with Crippen LogP contribution in [0.25, 0.3) is 0 Å². The highest BCUT2D eigenvalue weighted by Gasteiger charge is 2.46. The summed E-state index contributed by atoms with van der Waals surface area (Å²) in [5, 5.41) is 0. The smallest absolute Gasteiger partial charge is 0.178 e. The van der Waals surface area contributed by atoms with Crippen LogP contribution in [0, 0.1) is 0 Å². The lowest BCUT2D eigenvalue weighted by atomic mass is 9.84. The Balaban J connectivity index is 2.11. The van der Waals surface area contributed by atoms with Gasteiger partial charge in [0.05, 0.1) is 28.9 Å². The van der Waals surface area contributed by atoms with E-state index in [1.807, 2.05) is 19.1 Å². The molecule has 2 unspecified atom stereocenters. The summed E-state index contributed by atoms with van der Waals surface area (Å²) >= 11 is 0. The maximum Gasteiger partial charge on any atom is 0.178 e. The van der Waals surface area contributed by atoms with Crippen LogP contribution < -0.4 is 5.73 Å². The summed E-state index contributed by atoms with van der Waals surface area (Å²) in [6.45, 7) is 4.70. The van der Waals surface area contributed by atoms with Crippen molar-refractivity contribution < 1.29 is 13.2 Å². The molecule has 3 rings (SSSR count). The Bertz CT molecular complexity index is 632. The topological polar surface area (TPSA) is 72.6 Å². The van der Waals surface area contributed by atoms with Crippen molar-refractivity contribution in [3.63, 3.8) is 0 Å². The van der Waals surface area contributed by atoms with Crippen LogP contribution in [0.15, 0.2) is 29.2 Å². The minimum Gasteiger partial charge on any atom is -0.376 e. The van der Waals surface area contributed by atoms with Crippen LogP contribution in [0.2, 0.25) is 0 Å². The number of benzene rings is 1. The van der Waals surface area contributed by atoms with E-state index in [4.69, 9.17) is 10.5 Å². The summed E-state index contributed by atoms with van der Waals surface area (Å²) in [5.74, 6) is 0.160. The highest BCUT2D eigenvalue weighted by molar-refractivity contribution is 7.91. The third-order valence-electron chi connectivity index (χ3n) is 4.69. The number of fused-ring (bicyclic) bond motifs is 1. The molecule has 6 heteroatoms. The molecular weight excluding hydrogens is 288 g/mol. The van der Waals surface area contributed by atoms with E-state index in [1.165, 1.54) is 0 Å². The first-order valence-electron chi connectivity index (χ1n) is 7.38. The Labute approximate surface area is 126 Å². The van der Waals surface area contributed by atoms with Crippen LogP contribution >= 0.6 is 0 Å². The largest absolute Gasteiger partial charge is 0.376 e. The average Bonchev–Trinajstić information content (AvgIpc) is 2.48. The van der Waals surface area contributed by atoms with E-state index < -0.39 is 9.84 Å². The van der Waals surface area contributed by atoms with Crippen molar-refractivity contribution in [2.45, 2.75) is 29.9 Å². The van der Waals surface area contributed by atoms with Gasteiger partial charge in [-0.05, 0) is 25.0 Å². The highest BCUT2D eigenvalue weighted by Crippen LogP contribution is 2.41. The van der Waals surface area contributed by atoms with Gasteiger partial charge in [0.15, 0.2) is 9.84 Å². The number of nitrogens with zero attached hydrogens (tertiary/aromatic N) is 1. The molecule has 0 bridgehead atoms. The van der Waals surface area contributed by atoms with E-state index in [0.29, 0.717) is 24.5 Å². The van der Waals surface area contributed by atoms with Gasteiger partial charge in [0.2, 0.25) is 0 Å². The van der Waals surface area contributed by atoms with Gasteiger partial charge < -0.3 is 10.5 Å². The number of hydrogen-bond donors (Lipinski definition) is 1. The Kier molecular flexibility index (Phi) is 3.81. The fourth-order valence-electron chi connectivity index (χ4n) is 3.55. The molecule has 2 aliphatic heterocycles. The van der Waals surface area contributed by atoms with Crippen LogP contribution in [0.3, 0.4) is 0 Å². The van der Waals surface area contributed by atoms with Gasteiger partial charge in [0.1, 0.15) is 0 Å². The number of rotatable bonds is 2. The molecular formula is C15H22N2O3S. The fourth-order valence-corrected chi connectivity index (χ4v) is 5.25. The predicted molar refractivity (Wildman–Crippen MR) is 80.8 cm³/mol. The Morgan fingerprint density at radius 2 is 2.19 bits per heavy atom. The standard InChI is InChI=1S/C15H22N2O3S/c1-12-10-17(7-8-20-12)15(11-16)6-9-21(18,19)14-5-3-2-4-13(14)15/h2-5,12H,6-11,16H2,1H3. The number of nitrogens with two attached hydrogens (primary N) is 1. The van der Waals surface area contributed by atoms with Crippen LogP contribution in [-0.4, -0.2) is 51.4 Å². The molecule has 0 aromatic heterocycles. The molecule has 0 spiro atoms. The lowest BCUT2D eigenvalue weighted by molar-refractivity contribution is -0.0651. The van der Waals surface area contributed by atoms with Gasteiger partial charge in [-0.25, -0.2) is 8.42 Å². The summed E-state index contributed by atoms with van der Waals surface area (Å²) in [5.41, 5.74) is 6.61. The molecule has 5 nitrogen and oxygen atoms in total. The molecule has 116 valence electrons. The number of morpholine rings is 1. The lowest BCUT2D eigenvalue weighted by Gasteiger charge is -2.49. The summed E-state index contributed by atoms with van der Waals surface area (Å²) in [6.07, 6.45) is 0.697. The van der Waals surface area contributed by atoms with Crippen molar-refractivity contribution in [3.05, 3.63) is 29.8 Å². The molecule has 2 N–H and O–H groups in total. The minimum atomic E-state index is -3.19. The Morgan fingerprint density at radius 1 is 1.43 bits per heavy atom. The van der Waals surface area contributed by atoms with Crippen molar-refractivity contribution in [1.82, 2.24) is 4.90 Å². The zero-order valence-corrected chi connectivity index (χ0v) is 13.1. The Hall–Kier alpha value is -0.950. The minimum absolute atomic E-state index is 0.146. The zero-order chi connectivity index (χ0) is 15.1. The number of sulfone groups is 1. The van der Waals surface area contributed by atoms with Gasteiger partial charge in [-0.3, -0.25) is 4.90 Å². The molecule has 0 aliphatic carbocycles. The highest BCUT2D eigenvalue weighted by atomic mass is 32.2. The molecule has 1 saturated heterocycles. The first-order chi connectivity index (χ1) is 9.99. The molecule has 2 heterocycles. The molecule has 0 amide bonds. The maximum absolute atomic E-state index is 12.3. The monoisotopic (exact) mass is 310 g/mol. The Morgan fingerprint density at radius 3 is 2.90 bits per heavy atom. The van der Waals surface area contributed by atoms with E-state index in [1.54, 1.807) is 12.1 Å². The molecule has 2 aliphatic rings. The van der Waals surface area contributed by atoms with Crippen molar-refractivity contribution >= 4 is 9.84 Å². The third-order valence-corrected chi connectivity index (χ3v) is 6.46. The summed E-state index contributed by atoms with van der Waals surface area (Å²) in [6, 6.07) is 7.30. The van der Waals surface area contributed by atoms with Gasteiger partial charge in [-0.15, -0.1) is 0 Å². The SMILES string of the molecule is CC1CN(C2(CN)CCS(=O)(=O)c3ccccc32)CCO1. The van der Waals surface area contributed by atoms with Crippen LogP contribution in [0.4, 0.5) is 0 Å². The summed E-state index contributed by atoms with van der Waals surface area (Å²) in [7, 11) is -3.19. The van der Waals surface area contributed by atoms with Crippen molar-refractivity contribution in [1.29, 1.82) is 0 Å². The second kappa shape index (κ2) is 5.35. The predicted octanol–water partition coefficient (Wildman–Crippen LogP) is 0.739. The summed E-state index contributed by atoms with van der Waals surface area (Å²) in [4.78, 5) is 2.76. The molecule has 0 saturated carbocycles. The average molecular weight is 310 g/mol. The zero-order valence-electron chi connectivity index (χ0n) is 12.3. The first-order valence-corrected chi connectivity index (χ1v) is 9.04. The quantitative estimate of drug-likeness (QED) is 0.872.